The number of benzene rings is 1. The SMILES string of the molecule is CCCNC1=C(N(C=O)NS(=O)(=O)c2ccc(Cl)s2)C(C2NC=Cc3ccccc32)=CC(=O)C1. The summed E-state index contributed by atoms with van der Waals surface area (Å²) in [5.74, 6) is -0.148. The Balaban J connectivity index is 1.80. The molecule has 1 aromatic heterocycles. The second-order valence-electron chi connectivity index (χ2n) is 7.69. The topological polar surface area (TPSA) is 108 Å². The second kappa shape index (κ2) is 10.1. The molecule has 3 N–H and O–H groups in total. The first-order chi connectivity index (χ1) is 16.3. The minimum Gasteiger partial charge on any atom is -0.386 e. The van der Waals surface area contributed by atoms with Gasteiger partial charge in [0.25, 0.3) is 10.0 Å². The average Bonchev–Trinajstić information content (AvgIpc) is 3.28. The number of allylic oxidation sites excluding steroid dienone is 2. The highest BCUT2D eigenvalue weighted by molar-refractivity contribution is 7.91. The van der Waals surface area contributed by atoms with Crippen molar-refractivity contribution in [3.63, 3.8) is 0 Å². The molecule has 178 valence electrons. The Morgan fingerprint density at radius 1 is 1.26 bits per heavy atom. The number of hydrazine groups is 1. The summed E-state index contributed by atoms with van der Waals surface area (Å²) in [6, 6.07) is 10.0. The van der Waals surface area contributed by atoms with Gasteiger partial charge in [0.15, 0.2) is 5.78 Å². The minimum atomic E-state index is -4.10. The molecule has 1 atom stereocenters. The summed E-state index contributed by atoms with van der Waals surface area (Å²) in [5.41, 5.74) is 3.09. The van der Waals surface area contributed by atoms with Crippen LogP contribution in [0.4, 0.5) is 0 Å². The van der Waals surface area contributed by atoms with Gasteiger partial charge in [0.1, 0.15) is 4.21 Å². The summed E-state index contributed by atoms with van der Waals surface area (Å²) in [4.78, 5) is 27.3. The van der Waals surface area contributed by atoms with Gasteiger partial charge in [-0.05, 0) is 48.0 Å². The van der Waals surface area contributed by atoms with Crippen LogP contribution in [0.2, 0.25) is 4.34 Å². The number of ketones is 1. The number of thiophene rings is 1. The fourth-order valence-corrected chi connectivity index (χ4v) is 6.36. The summed E-state index contributed by atoms with van der Waals surface area (Å²) in [7, 11) is -4.10. The van der Waals surface area contributed by atoms with Gasteiger partial charge in [-0.1, -0.05) is 42.8 Å². The van der Waals surface area contributed by atoms with Crippen molar-refractivity contribution in [3.8, 4) is 0 Å². The van der Waals surface area contributed by atoms with E-state index in [9.17, 15) is 18.0 Å². The van der Waals surface area contributed by atoms with Gasteiger partial charge in [0, 0.05) is 17.8 Å². The molecule has 0 saturated heterocycles. The minimum absolute atomic E-state index is 0.0138. The van der Waals surface area contributed by atoms with Crippen molar-refractivity contribution in [2.24, 2.45) is 0 Å². The zero-order valence-electron chi connectivity index (χ0n) is 18.2. The number of fused-ring (bicyclic) bond motifs is 1. The van der Waals surface area contributed by atoms with E-state index in [1.807, 2.05) is 37.3 Å². The van der Waals surface area contributed by atoms with E-state index in [2.05, 4.69) is 15.5 Å². The zero-order valence-corrected chi connectivity index (χ0v) is 20.6. The van der Waals surface area contributed by atoms with Gasteiger partial charge in [-0.3, -0.25) is 9.59 Å². The lowest BCUT2D eigenvalue weighted by Crippen LogP contribution is -2.44. The molecule has 1 aliphatic heterocycles. The van der Waals surface area contributed by atoms with E-state index >= 15 is 0 Å². The molecule has 0 radical (unpaired) electrons. The highest BCUT2D eigenvalue weighted by Gasteiger charge is 2.34. The summed E-state index contributed by atoms with van der Waals surface area (Å²) >= 11 is 6.80. The fourth-order valence-electron chi connectivity index (χ4n) is 3.89. The van der Waals surface area contributed by atoms with Crippen molar-refractivity contribution in [2.45, 2.75) is 30.0 Å². The first kappa shape index (κ1) is 24.2. The maximum Gasteiger partial charge on any atom is 0.267 e. The Labute approximate surface area is 207 Å². The van der Waals surface area contributed by atoms with Gasteiger partial charge < -0.3 is 10.6 Å². The molecule has 1 aromatic carbocycles. The largest absolute Gasteiger partial charge is 0.386 e. The number of hydrogen-bond acceptors (Lipinski definition) is 7. The van der Waals surface area contributed by atoms with Crippen molar-refractivity contribution in [1.29, 1.82) is 0 Å². The molecule has 1 aliphatic carbocycles. The van der Waals surface area contributed by atoms with Crippen LogP contribution in [0.5, 0.6) is 0 Å². The Bertz CT molecular complexity index is 1310. The molecule has 0 saturated carbocycles. The first-order valence-corrected chi connectivity index (χ1v) is 13.3. The van der Waals surface area contributed by atoms with E-state index in [1.165, 1.54) is 18.2 Å². The zero-order chi connectivity index (χ0) is 24.3. The molecule has 34 heavy (non-hydrogen) atoms. The lowest BCUT2D eigenvalue weighted by Gasteiger charge is -2.34. The third-order valence-corrected chi connectivity index (χ3v) is 8.37. The van der Waals surface area contributed by atoms with Crippen LogP contribution in [-0.4, -0.2) is 32.2 Å². The highest BCUT2D eigenvalue weighted by atomic mass is 35.5. The van der Waals surface area contributed by atoms with Crippen LogP contribution in [0.25, 0.3) is 6.08 Å². The number of sulfonamides is 1. The lowest BCUT2D eigenvalue weighted by atomic mass is 9.86. The molecule has 1 unspecified atom stereocenters. The van der Waals surface area contributed by atoms with Crippen molar-refractivity contribution < 1.29 is 18.0 Å². The molecule has 2 aliphatic rings. The van der Waals surface area contributed by atoms with Gasteiger partial charge in [-0.15, -0.1) is 16.2 Å². The number of rotatable bonds is 9. The second-order valence-corrected chi connectivity index (χ2v) is 11.3. The molecule has 11 heteroatoms. The molecular formula is C23H23ClN4O4S2. The van der Waals surface area contributed by atoms with Crippen LogP contribution < -0.4 is 15.5 Å². The number of carbonyl (C=O) groups is 2. The smallest absolute Gasteiger partial charge is 0.267 e. The van der Waals surface area contributed by atoms with Crippen molar-refractivity contribution >= 4 is 51.2 Å². The number of carbonyl (C=O) groups excluding carboxylic acids is 2. The van der Waals surface area contributed by atoms with E-state index in [4.69, 9.17) is 11.6 Å². The Morgan fingerprint density at radius 2 is 2.06 bits per heavy atom. The lowest BCUT2D eigenvalue weighted by molar-refractivity contribution is -0.118. The van der Waals surface area contributed by atoms with E-state index < -0.39 is 16.1 Å². The predicted molar refractivity (Wildman–Crippen MR) is 132 cm³/mol. The summed E-state index contributed by atoms with van der Waals surface area (Å²) in [6.45, 7) is 2.52. The average molecular weight is 519 g/mol. The van der Waals surface area contributed by atoms with E-state index in [1.54, 1.807) is 6.20 Å². The van der Waals surface area contributed by atoms with Gasteiger partial charge in [0.05, 0.1) is 22.5 Å². The monoisotopic (exact) mass is 518 g/mol. The predicted octanol–water partition coefficient (Wildman–Crippen LogP) is 3.48. The van der Waals surface area contributed by atoms with Crippen LogP contribution in [0.15, 0.2) is 69.9 Å². The van der Waals surface area contributed by atoms with Gasteiger partial charge in [-0.25, -0.2) is 13.4 Å². The van der Waals surface area contributed by atoms with Crippen LogP contribution in [0.3, 0.4) is 0 Å². The van der Waals surface area contributed by atoms with Crippen LogP contribution in [0.1, 0.15) is 36.9 Å². The van der Waals surface area contributed by atoms with Gasteiger partial charge in [0.2, 0.25) is 6.41 Å². The number of hydrogen-bond donors (Lipinski definition) is 3. The molecule has 2 aromatic rings. The maximum absolute atomic E-state index is 13.0. The molecule has 1 amide bonds. The molecule has 8 nitrogen and oxygen atoms in total. The van der Waals surface area contributed by atoms with Crippen LogP contribution in [0, 0.1) is 0 Å². The third kappa shape index (κ3) is 4.95. The number of halogens is 1. The van der Waals surface area contributed by atoms with E-state index in [0.717, 1.165) is 33.9 Å². The molecular weight excluding hydrogens is 496 g/mol. The normalized spacial score (nSPS) is 17.6. The van der Waals surface area contributed by atoms with Crippen LogP contribution >= 0.6 is 22.9 Å². The Kier molecular flexibility index (Phi) is 7.22. The maximum atomic E-state index is 13.0. The number of nitrogens with zero attached hydrogens (tertiary/aromatic N) is 1. The quantitative estimate of drug-likeness (QED) is 0.346. The Hall–Kier alpha value is -2.92. The summed E-state index contributed by atoms with van der Waals surface area (Å²) < 4.78 is 26.3. The molecule has 0 fully saturated rings. The van der Waals surface area contributed by atoms with E-state index in [0.29, 0.717) is 28.6 Å². The molecule has 0 bridgehead atoms. The summed E-state index contributed by atoms with van der Waals surface area (Å²) in [6.07, 6.45) is 6.33. The Morgan fingerprint density at radius 3 is 2.76 bits per heavy atom. The van der Waals surface area contributed by atoms with Gasteiger partial charge >= 0.3 is 0 Å². The third-order valence-electron chi connectivity index (χ3n) is 5.34. The van der Waals surface area contributed by atoms with Crippen molar-refractivity contribution in [2.75, 3.05) is 6.54 Å². The molecule has 2 heterocycles. The molecule has 0 spiro atoms. The van der Waals surface area contributed by atoms with Crippen molar-refractivity contribution in [1.82, 2.24) is 20.5 Å². The molecule has 4 rings (SSSR count). The van der Waals surface area contributed by atoms with E-state index in [-0.39, 0.29) is 22.1 Å². The number of amides is 1. The van der Waals surface area contributed by atoms with Gasteiger partial charge in [-0.2, -0.15) is 0 Å². The van der Waals surface area contributed by atoms with Crippen LogP contribution in [-0.2, 0) is 19.6 Å². The van der Waals surface area contributed by atoms with Crippen molar-refractivity contribution in [3.05, 3.63) is 81.1 Å². The first-order valence-electron chi connectivity index (χ1n) is 10.6. The summed E-state index contributed by atoms with van der Waals surface area (Å²) in [5, 5.41) is 7.38. The highest BCUT2D eigenvalue weighted by Crippen LogP contribution is 2.37. The number of nitrogens with one attached hydrogen (secondary N) is 3. The fraction of sp³-hybridized carbons (Fsp3) is 0.217. The standard InChI is InChI=1S/C23H23ClN4O4S2/c1-2-10-25-19-13-16(30)12-18(22-17-6-4-3-5-15(17)9-11-26-22)23(19)28(14-29)27-34(31,32)21-8-7-20(24)33-21/h3-9,11-12,14,22,25-27H,2,10,13H2,1H3.